The number of aryl methyl sites for hydroxylation is 3. The van der Waals surface area contributed by atoms with Gasteiger partial charge in [-0.15, -0.1) is 0 Å². The van der Waals surface area contributed by atoms with E-state index in [9.17, 15) is 4.79 Å². The van der Waals surface area contributed by atoms with Gasteiger partial charge in [-0.25, -0.2) is 0 Å². The predicted octanol–water partition coefficient (Wildman–Crippen LogP) is 4.27. The third kappa shape index (κ3) is 4.35. The molecule has 0 saturated heterocycles. The lowest BCUT2D eigenvalue weighted by Gasteiger charge is -2.11. The molecule has 0 bridgehead atoms. The number of benzene rings is 2. The van der Waals surface area contributed by atoms with Crippen LogP contribution in [-0.2, 0) is 11.2 Å². The summed E-state index contributed by atoms with van der Waals surface area (Å²) in [5, 5.41) is 2.99. The molecule has 0 aliphatic heterocycles. The van der Waals surface area contributed by atoms with Crippen molar-refractivity contribution in [3.8, 4) is 5.75 Å². The van der Waals surface area contributed by atoms with E-state index < -0.39 is 0 Å². The van der Waals surface area contributed by atoms with Crippen LogP contribution in [-0.4, -0.2) is 12.5 Å². The minimum absolute atomic E-state index is 0.0278. The molecule has 0 fully saturated rings. The summed E-state index contributed by atoms with van der Waals surface area (Å²) in [6.07, 6.45) is 1.12. The number of hydrogen-bond acceptors (Lipinski definition) is 2. The van der Waals surface area contributed by atoms with Gasteiger partial charge in [0.15, 0.2) is 0 Å². The van der Waals surface area contributed by atoms with E-state index in [1.54, 1.807) is 0 Å². The summed E-state index contributed by atoms with van der Waals surface area (Å²) in [5.74, 6) is 0.893. The Kier molecular flexibility index (Phi) is 5.59. The van der Waals surface area contributed by atoms with Crippen LogP contribution in [0.5, 0.6) is 5.75 Å². The van der Waals surface area contributed by atoms with Crippen LogP contribution in [0, 0.1) is 13.8 Å². The average molecular weight is 297 g/mol. The van der Waals surface area contributed by atoms with Crippen molar-refractivity contribution in [1.82, 2.24) is 0 Å². The highest BCUT2D eigenvalue weighted by Crippen LogP contribution is 2.20. The second-order valence-corrected chi connectivity index (χ2v) is 5.41. The van der Waals surface area contributed by atoms with E-state index in [0.717, 1.165) is 28.1 Å². The molecule has 0 aliphatic carbocycles. The van der Waals surface area contributed by atoms with Gasteiger partial charge in [0.1, 0.15) is 5.75 Å². The summed E-state index contributed by atoms with van der Waals surface area (Å²) in [6.45, 7) is 6.61. The van der Waals surface area contributed by atoms with Crippen molar-refractivity contribution in [3.05, 3.63) is 59.2 Å². The molecule has 0 spiro atoms. The topological polar surface area (TPSA) is 38.3 Å². The largest absolute Gasteiger partial charge is 0.494 e. The van der Waals surface area contributed by atoms with Crippen molar-refractivity contribution in [2.45, 2.75) is 33.6 Å². The van der Waals surface area contributed by atoms with Crippen molar-refractivity contribution >= 4 is 11.6 Å². The third-order valence-corrected chi connectivity index (χ3v) is 3.56. The van der Waals surface area contributed by atoms with Gasteiger partial charge in [-0.2, -0.15) is 0 Å². The van der Waals surface area contributed by atoms with Gasteiger partial charge in [0, 0.05) is 12.1 Å². The number of ether oxygens (including phenoxy) is 1. The number of rotatable bonds is 6. The summed E-state index contributed by atoms with van der Waals surface area (Å²) in [6, 6.07) is 13.9. The maximum atomic E-state index is 12.2. The van der Waals surface area contributed by atoms with Crippen LogP contribution >= 0.6 is 0 Å². The van der Waals surface area contributed by atoms with E-state index in [4.69, 9.17) is 4.74 Å². The number of para-hydroxylation sites is 1. The molecule has 1 N–H and O–H groups in total. The Labute approximate surface area is 132 Å². The molecule has 3 heteroatoms. The first-order chi connectivity index (χ1) is 10.6. The molecule has 22 heavy (non-hydrogen) atoms. The Morgan fingerprint density at radius 1 is 1.14 bits per heavy atom. The normalized spacial score (nSPS) is 10.3. The fraction of sp³-hybridized carbons (Fsp3) is 0.316. The van der Waals surface area contributed by atoms with E-state index in [-0.39, 0.29) is 5.91 Å². The van der Waals surface area contributed by atoms with Crippen LogP contribution in [0.1, 0.15) is 30.0 Å². The van der Waals surface area contributed by atoms with Crippen molar-refractivity contribution in [2.24, 2.45) is 0 Å². The lowest BCUT2D eigenvalue weighted by molar-refractivity contribution is -0.116. The minimum atomic E-state index is 0.0278. The third-order valence-electron chi connectivity index (χ3n) is 3.56. The summed E-state index contributed by atoms with van der Waals surface area (Å²) in [4.78, 5) is 12.2. The summed E-state index contributed by atoms with van der Waals surface area (Å²) < 4.78 is 5.59. The average Bonchev–Trinajstić information content (AvgIpc) is 2.50. The summed E-state index contributed by atoms with van der Waals surface area (Å²) in [7, 11) is 0. The van der Waals surface area contributed by atoms with E-state index in [1.807, 2.05) is 63.2 Å². The Morgan fingerprint density at radius 2 is 1.91 bits per heavy atom. The van der Waals surface area contributed by atoms with E-state index in [2.05, 4.69) is 5.32 Å². The van der Waals surface area contributed by atoms with Crippen LogP contribution in [0.15, 0.2) is 42.5 Å². The molecule has 3 nitrogen and oxygen atoms in total. The Balaban J connectivity index is 1.97. The van der Waals surface area contributed by atoms with Gasteiger partial charge in [0.05, 0.1) is 6.61 Å². The summed E-state index contributed by atoms with van der Waals surface area (Å²) in [5.41, 5.74) is 4.18. The first-order valence-corrected chi connectivity index (χ1v) is 7.68. The van der Waals surface area contributed by atoms with Crippen molar-refractivity contribution < 1.29 is 9.53 Å². The molecule has 0 saturated carbocycles. The molecule has 1 amide bonds. The maximum absolute atomic E-state index is 12.2. The van der Waals surface area contributed by atoms with Crippen molar-refractivity contribution in [2.75, 3.05) is 11.9 Å². The molecule has 0 unspecified atom stereocenters. The van der Waals surface area contributed by atoms with Gasteiger partial charge in [-0.05, 0) is 56.0 Å². The zero-order valence-electron chi connectivity index (χ0n) is 13.5. The van der Waals surface area contributed by atoms with Crippen LogP contribution < -0.4 is 10.1 Å². The molecule has 0 aliphatic rings. The Hall–Kier alpha value is -2.29. The lowest BCUT2D eigenvalue weighted by atomic mass is 10.1. The molecule has 0 radical (unpaired) electrons. The number of hydrogen-bond donors (Lipinski definition) is 1. The molecule has 0 atom stereocenters. The monoisotopic (exact) mass is 297 g/mol. The van der Waals surface area contributed by atoms with E-state index in [0.29, 0.717) is 19.4 Å². The molecular weight excluding hydrogens is 274 g/mol. The summed E-state index contributed by atoms with van der Waals surface area (Å²) >= 11 is 0. The smallest absolute Gasteiger partial charge is 0.224 e. The van der Waals surface area contributed by atoms with E-state index >= 15 is 0 Å². The first kappa shape index (κ1) is 16.1. The molecule has 2 aromatic rings. The van der Waals surface area contributed by atoms with Gasteiger partial charge in [0.25, 0.3) is 0 Å². The number of nitrogens with one attached hydrogen (secondary N) is 1. The Bertz CT molecular complexity index is 650. The zero-order chi connectivity index (χ0) is 15.9. The second-order valence-electron chi connectivity index (χ2n) is 5.41. The molecule has 2 aromatic carbocycles. The SMILES string of the molecule is CCOc1ccccc1CCC(=O)Nc1cc(C)ccc1C. The highest BCUT2D eigenvalue weighted by molar-refractivity contribution is 5.91. The standard InChI is InChI=1S/C19H23NO2/c1-4-22-18-8-6-5-7-16(18)11-12-19(21)20-17-13-14(2)9-10-15(17)3/h5-10,13H,4,11-12H2,1-3H3,(H,20,21). The maximum Gasteiger partial charge on any atom is 0.224 e. The highest BCUT2D eigenvalue weighted by Gasteiger charge is 2.08. The number of carbonyl (C=O) groups is 1. The number of amides is 1. The van der Waals surface area contributed by atoms with Gasteiger partial charge in [-0.1, -0.05) is 30.3 Å². The fourth-order valence-electron chi connectivity index (χ4n) is 2.34. The molecule has 0 heterocycles. The van der Waals surface area contributed by atoms with Gasteiger partial charge >= 0.3 is 0 Å². The quantitative estimate of drug-likeness (QED) is 0.864. The molecule has 0 aromatic heterocycles. The van der Waals surface area contributed by atoms with Gasteiger partial charge in [0.2, 0.25) is 5.91 Å². The van der Waals surface area contributed by atoms with Gasteiger partial charge in [-0.3, -0.25) is 4.79 Å². The highest BCUT2D eigenvalue weighted by atomic mass is 16.5. The second kappa shape index (κ2) is 7.64. The van der Waals surface area contributed by atoms with E-state index in [1.165, 1.54) is 0 Å². The molecule has 2 rings (SSSR count). The van der Waals surface area contributed by atoms with Crippen LogP contribution in [0.3, 0.4) is 0 Å². The predicted molar refractivity (Wildman–Crippen MR) is 90.5 cm³/mol. The van der Waals surface area contributed by atoms with Gasteiger partial charge < -0.3 is 10.1 Å². The lowest BCUT2D eigenvalue weighted by Crippen LogP contribution is -2.13. The molecule has 116 valence electrons. The zero-order valence-corrected chi connectivity index (χ0v) is 13.5. The Morgan fingerprint density at radius 3 is 2.68 bits per heavy atom. The van der Waals surface area contributed by atoms with Crippen LogP contribution in [0.4, 0.5) is 5.69 Å². The molecular formula is C19H23NO2. The number of anilines is 1. The first-order valence-electron chi connectivity index (χ1n) is 7.68. The fourth-order valence-corrected chi connectivity index (χ4v) is 2.34. The van der Waals surface area contributed by atoms with Crippen molar-refractivity contribution in [3.63, 3.8) is 0 Å². The van der Waals surface area contributed by atoms with Crippen molar-refractivity contribution in [1.29, 1.82) is 0 Å². The van der Waals surface area contributed by atoms with Crippen LogP contribution in [0.25, 0.3) is 0 Å². The van der Waals surface area contributed by atoms with Crippen LogP contribution in [0.2, 0.25) is 0 Å². The minimum Gasteiger partial charge on any atom is -0.494 e. The number of carbonyl (C=O) groups excluding carboxylic acids is 1.